The fraction of sp³-hybridized carbons (Fsp3) is 0.263. The maximum Gasteiger partial charge on any atom is 0.325 e. The first-order valence-corrected chi connectivity index (χ1v) is 9.20. The zero-order valence-electron chi connectivity index (χ0n) is 14.6. The number of fused-ring (bicyclic) bond motifs is 1. The number of carbonyl (C=O) groups is 2. The molecule has 0 unspecified atom stereocenters. The minimum absolute atomic E-state index is 0.125. The van der Waals surface area contributed by atoms with Gasteiger partial charge in [-0.1, -0.05) is 6.07 Å². The first-order chi connectivity index (χ1) is 12.5. The van der Waals surface area contributed by atoms with Gasteiger partial charge in [0.2, 0.25) is 5.91 Å². The molecule has 0 saturated heterocycles. The average Bonchev–Trinajstić information content (AvgIpc) is 2.63. The summed E-state index contributed by atoms with van der Waals surface area (Å²) in [7, 11) is 0. The Hall–Kier alpha value is -2.67. The van der Waals surface area contributed by atoms with Gasteiger partial charge in [-0.3, -0.25) is 10.1 Å². The third kappa shape index (κ3) is 4.70. The fourth-order valence-corrected chi connectivity index (χ4v) is 3.13. The van der Waals surface area contributed by atoms with Crippen LogP contribution in [0, 0.1) is 13.8 Å². The van der Waals surface area contributed by atoms with Crippen molar-refractivity contribution in [2.45, 2.75) is 18.7 Å². The van der Waals surface area contributed by atoms with Gasteiger partial charge >= 0.3 is 6.03 Å². The molecule has 0 spiro atoms. The monoisotopic (exact) mass is 372 g/mol. The smallest absolute Gasteiger partial charge is 0.325 e. The number of hydrogen-bond donors (Lipinski definition) is 2. The summed E-state index contributed by atoms with van der Waals surface area (Å²) in [5.41, 5.74) is 2.86. The number of nitrogens with one attached hydrogen (secondary N) is 2. The highest BCUT2D eigenvalue weighted by atomic mass is 32.2. The molecule has 0 aromatic heterocycles. The van der Waals surface area contributed by atoms with Gasteiger partial charge in [0.05, 0.1) is 5.75 Å². The Morgan fingerprint density at radius 3 is 2.54 bits per heavy atom. The number of aryl methyl sites for hydroxylation is 2. The number of thioether (sulfide) groups is 1. The quantitative estimate of drug-likeness (QED) is 0.803. The van der Waals surface area contributed by atoms with Crippen LogP contribution in [-0.4, -0.2) is 30.9 Å². The summed E-state index contributed by atoms with van der Waals surface area (Å²) in [6.07, 6.45) is 0. The number of hydrogen-bond acceptors (Lipinski definition) is 5. The van der Waals surface area contributed by atoms with Crippen LogP contribution in [0.2, 0.25) is 0 Å². The summed E-state index contributed by atoms with van der Waals surface area (Å²) >= 11 is 1.33. The van der Waals surface area contributed by atoms with Crippen molar-refractivity contribution in [2.24, 2.45) is 0 Å². The van der Waals surface area contributed by atoms with Crippen LogP contribution < -0.4 is 20.1 Å². The van der Waals surface area contributed by atoms with E-state index in [9.17, 15) is 9.59 Å². The molecule has 6 nitrogen and oxygen atoms in total. The van der Waals surface area contributed by atoms with Gasteiger partial charge in [0.25, 0.3) is 0 Å². The summed E-state index contributed by atoms with van der Waals surface area (Å²) < 4.78 is 11.0. The van der Waals surface area contributed by atoms with E-state index in [0.29, 0.717) is 30.4 Å². The van der Waals surface area contributed by atoms with E-state index in [-0.39, 0.29) is 11.7 Å². The molecule has 136 valence electrons. The third-order valence-electron chi connectivity index (χ3n) is 3.90. The highest BCUT2D eigenvalue weighted by Crippen LogP contribution is 2.34. The number of amides is 3. The molecule has 0 radical (unpaired) electrons. The Balaban J connectivity index is 1.49. The number of anilines is 1. The lowest BCUT2D eigenvalue weighted by molar-refractivity contribution is -0.117. The predicted molar refractivity (Wildman–Crippen MR) is 101 cm³/mol. The molecule has 1 aliphatic heterocycles. The molecule has 0 aliphatic carbocycles. The van der Waals surface area contributed by atoms with Gasteiger partial charge in [-0.05, 0) is 55.3 Å². The van der Waals surface area contributed by atoms with E-state index >= 15 is 0 Å². The van der Waals surface area contributed by atoms with Crippen LogP contribution in [-0.2, 0) is 4.79 Å². The number of ether oxygens (including phenoxy) is 2. The molecule has 0 bridgehead atoms. The zero-order chi connectivity index (χ0) is 18.5. The van der Waals surface area contributed by atoms with E-state index in [1.807, 2.05) is 44.2 Å². The molecule has 3 amide bonds. The summed E-state index contributed by atoms with van der Waals surface area (Å²) in [5.74, 6) is 1.14. The van der Waals surface area contributed by atoms with Crippen LogP contribution in [0.3, 0.4) is 0 Å². The molecule has 0 saturated carbocycles. The van der Waals surface area contributed by atoms with Crippen molar-refractivity contribution in [1.29, 1.82) is 0 Å². The van der Waals surface area contributed by atoms with Crippen LogP contribution in [0.15, 0.2) is 41.3 Å². The Bertz CT molecular complexity index is 838. The van der Waals surface area contributed by atoms with E-state index in [1.54, 1.807) is 6.07 Å². The summed E-state index contributed by atoms with van der Waals surface area (Å²) in [4.78, 5) is 24.8. The summed E-state index contributed by atoms with van der Waals surface area (Å²) in [5, 5.41) is 4.99. The van der Waals surface area contributed by atoms with Crippen LogP contribution in [0.5, 0.6) is 11.5 Å². The number of benzene rings is 2. The van der Waals surface area contributed by atoms with Gasteiger partial charge < -0.3 is 14.8 Å². The molecule has 2 aromatic carbocycles. The molecule has 3 rings (SSSR count). The van der Waals surface area contributed by atoms with Crippen LogP contribution >= 0.6 is 11.8 Å². The molecular formula is C19H20N2O4S. The van der Waals surface area contributed by atoms with Crippen LogP contribution in [0.4, 0.5) is 10.5 Å². The Morgan fingerprint density at radius 2 is 1.77 bits per heavy atom. The van der Waals surface area contributed by atoms with Crippen LogP contribution in [0.1, 0.15) is 11.1 Å². The number of carbonyl (C=O) groups excluding carboxylic acids is 2. The highest BCUT2D eigenvalue weighted by molar-refractivity contribution is 8.00. The molecule has 0 atom stereocenters. The minimum atomic E-state index is -0.541. The third-order valence-corrected chi connectivity index (χ3v) is 4.90. The van der Waals surface area contributed by atoms with Crippen molar-refractivity contribution in [3.05, 3.63) is 47.5 Å². The minimum Gasteiger partial charge on any atom is -0.486 e. The standard InChI is InChI=1S/C19H20N2O4S/c1-12-3-4-14(9-13(12)2)20-19(23)21-18(22)11-26-15-5-6-16-17(10-15)25-8-7-24-16/h3-6,9-10H,7-8,11H2,1-2H3,(H2,20,21,22,23). The first kappa shape index (κ1) is 18.1. The molecule has 26 heavy (non-hydrogen) atoms. The van der Waals surface area contributed by atoms with E-state index in [1.165, 1.54) is 11.8 Å². The second-order valence-corrected chi connectivity index (χ2v) is 6.94. The lowest BCUT2D eigenvalue weighted by atomic mass is 10.1. The molecular weight excluding hydrogens is 352 g/mol. The molecule has 2 N–H and O–H groups in total. The second-order valence-electron chi connectivity index (χ2n) is 5.90. The molecule has 7 heteroatoms. The Morgan fingerprint density at radius 1 is 1.00 bits per heavy atom. The van der Waals surface area contributed by atoms with Gasteiger partial charge in [0.15, 0.2) is 11.5 Å². The lowest BCUT2D eigenvalue weighted by Crippen LogP contribution is -2.35. The van der Waals surface area contributed by atoms with Gasteiger partial charge in [0.1, 0.15) is 13.2 Å². The molecule has 0 fully saturated rings. The van der Waals surface area contributed by atoms with Crippen molar-refractivity contribution in [3.8, 4) is 11.5 Å². The maximum atomic E-state index is 12.0. The summed E-state index contributed by atoms with van der Waals surface area (Å²) in [6, 6.07) is 10.6. The number of urea groups is 1. The molecule has 2 aromatic rings. The normalized spacial score (nSPS) is 12.4. The topological polar surface area (TPSA) is 76.7 Å². The van der Waals surface area contributed by atoms with Gasteiger partial charge in [0, 0.05) is 10.6 Å². The van der Waals surface area contributed by atoms with Gasteiger partial charge in [-0.25, -0.2) is 4.79 Å². The van der Waals surface area contributed by atoms with E-state index in [0.717, 1.165) is 16.0 Å². The lowest BCUT2D eigenvalue weighted by Gasteiger charge is -2.18. The average molecular weight is 372 g/mol. The van der Waals surface area contributed by atoms with Crippen molar-refractivity contribution in [3.63, 3.8) is 0 Å². The van der Waals surface area contributed by atoms with Crippen molar-refractivity contribution >= 4 is 29.4 Å². The van der Waals surface area contributed by atoms with E-state index in [4.69, 9.17) is 9.47 Å². The molecule has 1 aliphatic rings. The predicted octanol–water partition coefficient (Wildman–Crippen LogP) is 3.52. The molecule has 1 heterocycles. The zero-order valence-corrected chi connectivity index (χ0v) is 15.4. The van der Waals surface area contributed by atoms with Crippen molar-refractivity contribution < 1.29 is 19.1 Å². The number of rotatable bonds is 4. The summed E-state index contributed by atoms with van der Waals surface area (Å²) in [6.45, 7) is 5.02. The van der Waals surface area contributed by atoms with Crippen molar-refractivity contribution in [2.75, 3.05) is 24.3 Å². The maximum absolute atomic E-state index is 12.0. The number of imide groups is 1. The Kier molecular flexibility index (Phi) is 5.68. The first-order valence-electron chi connectivity index (χ1n) is 8.22. The highest BCUT2D eigenvalue weighted by Gasteiger charge is 2.13. The SMILES string of the molecule is Cc1ccc(NC(=O)NC(=O)CSc2ccc3c(c2)OCCO3)cc1C. The van der Waals surface area contributed by atoms with Gasteiger partial charge in [-0.2, -0.15) is 0 Å². The second kappa shape index (κ2) is 8.14. The largest absolute Gasteiger partial charge is 0.486 e. The van der Waals surface area contributed by atoms with E-state index in [2.05, 4.69) is 10.6 Å². The fourth-order valence-electron chi connectivity index (χ4n) is 2.41. The Labute approximate surface area is 156 Å². The van der Waals surface area contributed by atoms with Crippen molar-refractivity contribution in [1.82, 2.24) is 5.32 Å². The van der Waals surface area contributed by atoms with E-state index < -0.39 is 6.03 Å². The van der Waals surface area contributed by atoms with Gasteiger partial charge in [-0.15, -0.1) is 11.8 Å². The van der Waals surface area contributed by atoms with Crippen LogP contribution in [0.25, 0.3) is 0 Å².